The quantitative estimate of drug-likeness (QED) is 0.327. The van der Waals surface area contributed by atoms with Gasteiger partial charge in [0.1, 0.15) is 22.3 Å². The van der Waals surface area contributed by atoms with E-state index < -0.39 is 6.04 Å². The molecule has 2 amide bonds. The number of rotatable bonds is 4. The van der Waals surface area contributed by atoms with Gasteiger partial charge in [0.2, 0.25) is 0 Å². The number of nitrogens with one attached hydrogen (secondary N) is 1. The second-order valence-corrected chi connectivity index (χ2v) is 10.5. The SMILES string of the molecule is COc1ccc(OC)c(NC(=O)N2Cc3c(sc4c3CCCC4)-n3cccc3[C@H]2c2ccc(F)cc2)c1. The summed E-state index contributed by atoms with van der Waals surface area (Å²) in [6.45, 7) is 0.447. The molecule has 2 aromatic carbocycles. The minimum Gasteiger partial charge on any atom is -0.497 e. The molecular weight excluding hydrogens is 489 g/mol. The zero-order chi connectivity index (χ0) is 25.5. The summed E-state index contributed by atoms with van der Waals surface area (Å²) in [6, 6.07) is 15.1. The number of anilines is 1. The summed E-state index contributed by atoms with van der Waals surface area (Å²) in [6.07, 6.45) is 6.53. The van der Waals surface area contributed by atoms with Crippen molar-refractivity contribution in [1.82, 2.24) is 9.47 Å². The number of urea groups is 1. The molecule has 6 nitrogen and oxygen atoms in total. The zero-order valence-electron chi connectivity index (χ0n) is 20.8. The Morgan fingerprint density at radius 3 is 2.62 bits per heavy atom. The molecule has 1 atom stereocenters. The van der Waals surface area contributed by atoms with E-state index in [0.717, 1.165) is 30.5 Å². The number of hydrogen-bond acceptors (Lipinski definition) is 4. The first kappa shape index (κ1) is 23.6. The number of fused-ring (bicyclic) bond motifs is 5. The lowest BCUT2D eigenvalue weighted by atomic mass is 9.95. The lowest BCUT2D eigenvalue weighted by Crippen LogP contribution is -2.38. The Morgan fingerprint density at radius 1 is 1.03 bits per heavy atom. The van der Waals surface area contributed by atoms with Crippen molar-refractivity contribution in [3.05, 3.63) is 93.9 Å². The van der Waals surface area contributed by atoms with E-state index in [4.69, 9.17) is 9.47 Å². The molecule has 0 radical (unpaired) electrons. The van der Waals surface area contributed by atoms with Crippen LogP contribution in [0.15, 0.2) is 60.8 Å². The van der Waals surface area contributed by atoms with Gasteiger partial charge >= 0.3 is 6.03 Å². The number of carbonyl (C=O) groups excluding carboxylic acids is 1. The first-order chi connectivity index (χ1) is 18.1. The van der Waals surface area contributed by atoms with E-state index in [1.54, 1.807) is 44.6 Å². The normalized spacial score (nSPS) is 16.3. The van der Waals surface area contributed by atoms with Crippen LogP contribution >= 0.6 is 11.3 Å². The number of amides is 2. The lowest BCUT2D eigenvalue weighted by molar-refractivity contribution is 0.194. The maximum Gasteiger partial charge on any atom is 0.323 e. The van der Waals surface area contributed by atoms with Gasteiger partial charge in [-0.15, -0.1) is 11.3 Å². The molecule has 2 aromatic heterocycles. The molecule has 0 spiro atoms. The summed E-state index contributed by atoms with van der Waals surface area (Å²) in [5.74, 6) is 0.849. The van der Waals surface area contributed by atoms with Gasteiger partial charge in [0.25, 0.3) is 0 Å². The number of hydrogen-bond donors (Lipinski definition) is 1. The third-order valence-corrected chi connectivity index (χ3v) is 8.61. The van der Waals surface area contributed by atoms with Crippen LogP contribution in [0.1, 0.15) is 46.1 Å². The number of ether oxygens (including phenoxy) is 2. The number of methoxy groups -OCH3 is 2. The maximum atomic E-state index is 14.1. The summed E-state index contributed by atoms with van der Waals surface area (Å²) in [5, 5.41) is 4.25. The Hall–Kier alpha value is -3.78. The van der Waals surface area contributed by atoms with E-state index in [-0.39, 0.29) is 11.8 Å². The Labute approximate surface area is 219 Å². The van der Waals surface area contributed by atoms with Crippen molar-refractivity contribution >= 4 is 23.1 Å². The van der Waals surface area contributed by atoms with Crippen LogP contribution in [-0.4, -0.2) is 29.7 Å². The van der Waals surface area contributed by atoms with Crippen LogP contribution in [0.25, 0.3) is 5.00 Å². The molecule has 0 bridgehead atoms. The highest BCUT2D eigenvalue weighted by Gasteiger charge is 2.36. The molecule has 1 N–H and O–H groups in total. The van der Waals surface area contributed by atoms with E-state index >= 15 is 0 Å². The zero-order valence-corrected chi connectivity index (χ0v) is 21.6. The van der Waals surface area contributed by atoms with E-state index in [0.29, 0.717) is 23.7 Å². The topological polar surface area (TPSA) is 55.7 Å². The van der Waals surface area contributed by atoms with Crippen molar-refractivity contribution in [2.75, 3.05) is 19.5 Å². The van der Waals surface area contributed by atoms with Crippen molar-refractivity contribution < 1.29 is 18.7 Å². The molecule has 2 aliphatic rings. The molecule has 0 fully saturated rings. The highest BCUT2D eigenvalue weighted by molar-refractivity contribution is 7.15. The van der Waals surface area contributed by atoms with Gasteiger partial charge in [-0.05, 0) is 73.2 Å². The van der Waals surface area contributed by atoms with Crippen LogP contribution in [0.5, 0.6) is 11.5 Å². The fourth-order valence-electron chi connectivity index (χ4n) is 5.48. The van der Waals surface area contributed by atoms with E-state index in [2.05, 4.69) is 16.1 Å². The second kappa shape index (κ2) is 9.59. The predicted octanol–water partition coefficient (Wildman–Crippen LogP) is 6.71. The van der Waals surface area contributed by atoms with E-state index in [1.807, 2.05) is 28.4 Å². The van der Waals surface area contributed by atoms with Gasteiger partial charge < -0.3 is 24.3 Å². The standard InChI is InChI=1S/C29H28FN3O3S/c1-35-20-13-14-25(36-2)23(16-20)31-29(34)33-17-22-21-6-3-4-8-26(21)37-28(22)32-15-5-7-24(32)27(33)18-9-11-19(30)12-10-18/h5,7,9-16,27H,3-4,6,8,17H2,1-2H3,(H,31,34)/t27-/m1/s1. The largest absolute Gasteiger partial charge is 0.497 e. The molecule has 1 aliphatic heterocycles. The molecule has 37 heavy (non-hydrogen) atoms. The number of nitrogens with zero attached hydrogens (tertiary/aromatic N) is 2. The number of aryl methyl sites for hydroxylation is 1. The first-order valence-electron chi connectivity index (χ1n) is 12.4. The van der Waals surface area contributed by atoms with Crippen LogP contribution < -0.4 is 14.8 Å². The average molecular weight is 518 g/mol. The van der Waals surface area contributed by atoms with Gasteiger partial charge in [0, 0.05) is 22.7 Å². The van der Waals surface area contributed by atoms with E-state index in [1.165, 1.54) is 39.6 Å². The highest BCUT2D eigenvalue weighted by atomic mass is 32.1. The Kier molecular flexibility index (Phi) is 6.12. The van der Waals surface area contributed by atoms with Crippen molar-refractivity contribution in [2.24, 2.45) is 0 Å². The molecule has 6 rings (SSSR count). The molecule has 3 heterocycles. The number of thiophene rings is 1. The third kappa shape index (κ3) is 4.15. The minimum absolute atomic E-state index is 0.266. The number of benzene rings is 2. The Morgan fingerprint density at radius 2 is 1.84 bits per heavy atom. The fraction of sp³-hybridized carbons (Fsp3) is 0.276. The van der Waals surface area contributed by atoms with Gasteiger partial charge in [0.05, 0.1) is 38.2 Å². The number of aromatic nitrogens is 1. The predicted molar refractivity (Wildman–Crippen MR) is 143 cm³/mol. The summed E-state index contributed by atoms with van der Waals surface area (Å²) in [4.78, 5) is 17.4. The van der Waals surface area contributed by atoms with Crippen molar-refractivity contribution in [2.45, 2.75) is 38.3 Å². The number of halogens is 1. The molecular formula is C29H28FN3O3S. The molecule has 8 heteroatoms. The Balaban J connectivity index is 1.48. The molecule has 4 aromatic rings. The summed E-state index contributed by atoms with van der Waals surface area (Å²) < 4.78 is 27.0. The molecule has 0 saturated carbocycles. The van der Waals surface area contributed by atoms with Gasteiger partial charge in [0.15, 0.2) is 0 Å². The maximum absolute atomic E-state index is 14.1. The number of carbonyl (C=O) groups is 1. The monoisotopic (exact) mass is 517 g/mol. The lowest BCUT2D eigenvalue weighted by Gasteiger charge is -2.31. The first-order valence-corrected chi connectivity index (χ1v) is 13.2. The molecule has 1 aliphatic carbocycles. The average Bonchev–Trinajstić information content (AvgIpc) is 3.51. The van der Waals surface area contributed by atoms with E-state index in [9.17, 15) is 9.18 Å². The third-order valence-electron chi connectivity index (χ3n) is 7.27. The van der Waals surface area contributed by atoms with Gasteiger partial charge in [-0.25, -0.2) is 9.18 Å². The van der Waals surface area contributed by atoms with Crippen molar-refractivity contribution in [3.63, 3.8) is 0 Å². The fourth-order valence-corrected chi connectivity index (χ4v) is 6.89. The van der Waals surface area contributed by atoms with Crippen molar-refractivity contribution in [3.8, 4) is 16.5 Å². The van der Waals surface area contributed by atoms with Gasteiger partial charge in [-0.2, -0.15) is 0 Å². The van der Waals surface area contributed by atoms with Crippen LogP contribution in [0.4, 0.5) is 14.9 Å². The van der Waals surface area contributed by atoms with Crippen LogP contribution in [0, 0.1) is 5.82 Å². The smallest absolute Gasteiger partial charge is 0.323 e. The molecule has 190 valence electrons. The van der Waals surface area contributed by atoms with Crippen LogP contribution in [0.2, 0.25) is 0 Å². The van der Waals surface area contributed by atoms with Gasteiger partial charge in [-0.1, -0.05) is 12.1 Å². The molecule has 0 saturated heterocycles. The van der Waals surface area contributed by atoms with Crippen LogP contribution in [0.3, 0.4) is 0 Å². The van der Waals surface area contributed by atoms with Gasteiger partial charge in [-0.3, -0.25) is 0 Å². The summed E-state index contributed by atoms with van der Waals surface area (Å²) >= 11 is 1.83. The van der Waals surface area contributed by atoms with Crippen LogP contribution in [-0.2, 0) is 19.4 Å². The Bertz CT molecular complexity index is 1460. The highest BCUT2D eigenvalue weighted by Crippen LogP contribution is 2.44. The summed E-state index contributed by atoms with van der Waals surface area (Å²) in [7, 11) is 3.16. The van der Waals surface area contributed by atoms with Crippen molar-refractivity contribution in [1.29, 1.82) is 0 Å². The second-order valence-electron chi connectivity index (χ2n) is 9.38. The minimum atomic E-state index is -0.411. The molecule has 0 unspecified atom stereocenters. The summed E-state index contributed by atoms with van der Waals surface area (Å²) in [5.41, 5.74) is 4.92.